The van der Waals surface area contributed by atoms with Gasteiger partial charge in [0.05, 0.1) is 11.5 Å². The number of rotatable bonds is 9. The van der Waals surface area contributed by atoms with Gasteiger partial charge in [-0.15, -0.1) is 6.58 Å². The zero-order valence-corrected chi connectivity index (χ0v) is 20.1. The average Bonchev–Trinajstić information content (AvgIpc) is 3.01. The lowest BCUT2D eigenvalue weighted by molar-refractivity contribution is -0.122. The van der Waals surface area contributed by atoms with E-state index in [2.05, 4.69) is 6.58 Å². The Hall–Kier alpha value is -2.41. The molecular weight excluding hydrogens is 469 g/mol. The summed E-state index contributed by atoms with van der Waals surface area (Å²) in [4.78, 5) is 26.1. The van der Waals surface area contributed by atoms with Crippen molar-refractivity contribution in [1.82, 2.24) is 4.90 Å². The summed E-state index contributed by atoms with van der Waals surface area (Å²) < 4.78 is 12.0. The van der Waals surface area contributed by atoms with Crippen molar-refractivity contribution in [2.24, 2.45) is 0 Å². The Labute approximate surface area is 202 Å². The number of thioether (sulfide) groups is 1. The quantitative estimate of drug-likeness (QED) is 0.286. The van der Waals surface area contributed by atoms with Crippen LogP contribution in [0.2, 0.25) is 10.0 Å². The van der Waals surface area contributed by atoms with Gasteiger partial charge in [0, 0.05) is 27.7 Å². The minimum Gasteiger partial charge on any atom is -0.490 e. The second-order valence-corrected chi connectivity index (χ2v) is 8.72. The molecule has 2 aromatic carbocycles. The van der Waals surface area contributed by atoms with Gasteiger partial charge >= 0.3 is 0 Å². The minimum absolute atomic E-state index is 0.231. The Morgan fingerprint density at radius 2 is 1.88 bits per heavy atom. The molecule has 0 spiro atoms. The zero-order valence-electron chi connectivity index (χ0n) is 17.8. The van der Waals surface area contributed by atoms with Crippen molar-refractivity contribution in [1.29, 1.82) is 0 Å². The molecule has 168 valence electrons. The molecule has 0 unspecified atom stereocenters. The number of imide groups is 1. The summed E-state index contributed by atoms with van der Waals surface area (Å²) in [6.45, 7) is 8.49. The van der Waals surface area contributed by atoms with Crippen LogP contribution < -0.4 is 9.47 Å². The van der Waals surface area contributed by atoms with Crippen molar-refractivity contribution in [3.8, 4) is 11.5 Å². The van der Waals surface area contributed by atoms with E-state index in [1.807, 2.05) is 19.1 Å². The van der Waals surface area contributed by atoms with Gasteiger partial charge in [-0.05, 0) is 67.9 Å². The fraction of sp³-hybridized carbons (Fsp3) is 0.250. The number of likely N-dealkylation sites (N-methyl/N-ethyl adjacent to an activating group) is 1. The zero-order chi connectivity index (χ0) is 23.3. The third kappa shape index (κ3) is 5.49. The summed E-state index contributed by atoms with van der Waals surface area (Å²) in [6, 6.07) is 8.95. The van der Waals surface area contributed by atoms with Crippen molar-refractivity contribution >= 4 is 52.2 Å². The summed E-state index contributed by atoms with van der Waals surface area (Å²) in [5.41, 5.74) is 2.38. The SMILES string of the molecule is C=CCc1cc(/C=C2/SC(=O)N(CC)C2=O)cc(OCC)c1OCc1ccc(Cl)cc1Cl. The molecule has 2 aromatic rings. The van der Waals surface area contributed by atoms with E-state index >= 15 is 0 Å². The molecule has 8 heteroatoms. The number of carbonyl (C=O) groups excluding carboxylic acids is 2. The smallest absolute Gasteiger partial charge is 0.293 e. The molecule has 1 aliphatic rings. The Balaban J connectivity index is 1.97. The fourth-order valence-corrected chi connectivity index (χ4v) is 4.58. The van der Waals surface area contributed by atoms with E-state index in [0.717, 1.165) is 28.5 Å². The van der Waals surface area contributed by atoms with E-state index in [1.54, 1.807) is 37.3 Å². The molecule has 1 heterocycles. The van der Waals surface area contributed by atoms with E-state index in [0.29, 0.717) is 46.0 Å². The molecule has 0 saturated carbocycles. The van der Waals surface area contributed by atoms with Gasteiger partial charge in [0.25, 0.3) is 11.1 Å². The van der Waals surface area contributed by atoms with Gasteiger partial charge in [0.1, 0.15) is 6.61 Å². The van der Waals surface area contributed by atoms with Crippen molar-refractivity contribution in [3.63, 3.8) is 0 Å². The van der Waals surface area contributed by atoms with Gasteiger partial charge in [-0.1, -0.05) is 35.3 Å². The second kappa shape index (κ2) is 10.9. The molecule has 0 radical (unpaired) electrons. The lowest BCUT2D eigenvalue weighted by Crippen LogP contribution is -2.27. The molecule has 5 nitrogen and oxygen atoms in total. The van der Waals surface area contributed by atoms with E-state index < -0.39 is 0 Å². The number of carbonyl (C=O) groups is 2. The van der Waals surface area contributed by atoms with Crippen LogP contribution in [0.1, 0.15) is 30.5 Å². The predicted octanol–water partition coefficient (Wildman–Crippen LogP) is 6.76. The van der Waals surface area contributed by atoms with Crippen LogP contribution in [-0.2, 0) is 17.8 Å². The highest BCUT2D eigenvalue weighted by Crippen LogP contribution is 2.38. The number of ether oxygens (including phenoxy) is 2. The van der Waals surface area contributed by atoms with E-state index in [9.17, 15) is 9.59 Å². The number of benzene rings is 2. The lowest BCUT2D eigenvalue weighted by atomic mass is 10.0. The summed E-state index contributed by atoms with van der Waals surface area (Å²) >= 11 is 13.2. The topological polar surface area (TPSA) is 55.8 Å². The van der Waals surface area contributed by atoms with E-state index in [1.165, 1.54) is 4.90 Å². The largest absolute Gasteiger partial charge is 0.490 e. The monoisotopic (exact) mass is 491 g/mol. The van der Waals surface area contributed by atoms with Crippen molar-refractivity contribution in [2.45, 2.75) is 26.9 Å². The molecule has 0 N–H and O–H groups in total. The van der Waals surface area contributed by atoms with E-state index in [4.69, 9.17) is 32.7 Å². The van der Waals surface area contributed by atoms with Gasteiger partial charge < -0.3 is 9.47 Å². The van der Waals surface area contributed by atoms with Gasteiger partial charge in [-0.2, -0.15) is 0 Å². The molecule has 1 aliphatic heterocycles. The fourth-order valence-electron chi connectivity index (χ4n) is 3.21. The van der Waals surface area contributed by atoms with Gasteiger partial charge in [-0.25, -0.2) is 0 Å². The van der Waals surface area contributed by atoms with Crippen molar-refractivity contribution < 1.29 is 19.1 Å². The summed E-state index contributed by atoms with van der Waals surface area (Å²) in [5.74, 6) is 0.831. The van der Waals surface area contributed by atoms with E-state index in [-0.39, 0.29) is 17.8 Å². The predicted molar refractivity (Wildman–Crippen MR) is 131 cm³/mol. The Kier molecular flexibility index (Phi) is 8.29. The molecule has 0 bridgehead atoms. The van der Waals surface area contributed by atoms with Crippen LogP contribution in [0.4, 0.5) is 4.79 Å². The number of allylic oxidation sites excluding steroid dienone is 1. The molecular formula is C24H23Cl2NO4S. The van der Waals surface area contributed by atoms with Crippen molar-refractivity contribution in [3.05, 3.63) is 74.6 Å². The van der Waals surface area contributed by atoms with Crippen LogP contribution in [0.5, 0.6) is 11.5 Å². The normalized spacial score (nSPS) is 14.9. The first kappa shape index (κ1) is 24.2. The maximum Gasteiger partial charge on any atom is 0.293 e. The van der Waals surface area contributed by atoms with Crippen LogP contribution in [0.25, 0.3) is 6.08 Å². The molecule has 0 atom stereocenters. The van der Waals surface area contributed by atoms with Crippen LogP contribution in [0.15, 0.2) is 47.9 Å². The standard InChI is InChI=1S/C24H23Cl2NO4S/c1-4-7-16-10-15(12-21-23(28)27(5-2)24(29)32-21)11-20(30-6-3)22(16)31-14-17-8-9-18(25)13-19(17)26/h4,8-13H,1,5-7,14H2,2-3H3/b21-12+. The number of amides is 2. The molecule has 32 heavy (non-hydrogen) atoms. The van der Waals surface area contributed by atoms with Crippen LogP contribution in [0.3, 0.4) is 0 Å². The Morgan fingerprint density at radius 1 is 1.09 bits per heavy atom. The number of nitrogens with zero attached hydrogens (tertiary/aromatic N) is 1. The number of halogens is 2. The molecule has 1 fully saturated rings. The molecule has 3 rings (SSSR count). The number of hydrogen-bond donors (Lipinski definition) is 0. The maximum atomic E-state index is 12.5. The first-order valence-electron chi connectivity index (χ1n) is 10.1. The van der Waals surface area contributed by atoms with Gasteiger partial charge in [-0.3, -0.25) is 14.5 Å². The molecule has 0 aromatic heterocycles. The summed E-state index contributed by atoms with van der Waals surface area (Å²) in [7, 11) is 0. The highest BCUT2D eigenvalue weighted by Gasteiger charge is 2.33. The van der Waals surface area contributed by atoms with Gasteiger partial charge in [0.2, 0.25) is 0 Å². The summed E-state index contributed by atoms with van der Waals surface area (Å²) in [5, 5.41) is 0.807. The third-order valence-corrected chi connectivity index (χ3v) is 6.19. The second-order valence-electron chi connectivity index (χ2n) is 6.88. The van der Waals surface area contributed by atoms with Crippen molar-refractivity contribution in [2.75, 3.05) is 13.2 Å². The first-order valence-corrected chi connectivity index (χ1v) is 11.7. The maximum absolute atomic E-state index is 12.5. The minimum atomic E-state index is -0.288. The Morgan fingerprint density at radius 3 is 2.50 bits per heavy atom. The number of hydrogen-bond acceptors (Lipinski definition) is 5. The average molecular weight is 492 g/mol. The first-order chi connectivity index (χ1) is 15.4. The van der Waals surface area contributed by atoms with Crippen LogP contribution >= 0.6 is 35.0 Å². The summed E-state index contributed by atoms with van der Waals surface area (Å²) in [6.07, 6.45) is 4.00. The molecule has 2 amide bonds. The van der Waals surface area contributed by atoms with Crippen LogP contribution in [-0.4, -0.2) is 29.2 Å². The Bertz CT molecular complexity index is 1080. The third-order valence-electron chi connectivity index (χ3n) is 4.69. The highest BCUT2D eigenvalue weighted by atomic mass is 35.5. The highest BCUT2D eigenvalue weighted by molar-refractivity contribution is 8.18. The van der Waals surface area contributed by atoms with Gasteiger partial charge in [0.15, 0.2) is 11.5 Å². The molecule has 0 aliphatic carbocycles. The molecule has 1 saturated heterocycles. The lowest BCUT2D eigenvalue weighted by Gasteiger charge is -2.17. The van der Waals surface area contributed by atoms with Crippen LogP contribution in [0, 0.1) is 0 Å².